The van der Waals surface area contributed by atoms with Crippen molar-refractivity contribution in [1.29, 1.82) is 0 Å². The first-order valence-electron chi connectivity index (χ1n) is 12.2. The number of rotatable bonds is 5. The van der Waals surface area contributed by atoms with E-state index in [0.29, 0.717) is 31.4 Å². The fourth-order valence-corrected chi connectivity index (χ4v) is 6.01. The van der Waals surface area contributed by atoms with Crippen molar-refractivity contribution in [1.82, 2.24) is 9.88 Å². The molecular formula is C26H33ClFN3O3. The van der Waals surface area contributed by atoms with Crippen molar-refractivity contribution in [2.45, 2.75) is 63.3 Å². The number of hydrogen-bond donors (Lipinski definition) is 2. The number of ether oxygens (including phenoxy) is 1. The van der Waals surface area contributed by atoms with Crippen LogP contribution in [-0.4, -0.2) is 64.5 Å². The minimum atomic E-state index is -1.35. The molecule has 5 rings (SSSR count). The Labute approximate surface area is 204 Å². The number of aromatic nitrogens is 1. The number of alkyl halides is 1. The lowest BCUT2D eigenvalue weighted by molar-refractivity contribution is -0.118. The van der Waals surface area contributed by atoms with Crippen molar-refractivity contribution in [2.75, 3.05) is 31.6 Å². The summed E-state index contributed by atoms with van der Waals surface area (Å²) >= 11 is 6.68. The van der Waals surface area contributed by atoms with Gasteiger partial charge in [-0.25, -0.2) is 9.37 Å². The second-order valence-electron chi connectivity index (χ2n) is 10.9. The van der Waals surface area contributed by atoms with Crippen LogP contribution in [0.25, 0.3) is 10.8 Å². The van der Waals surface area contributed by atoms with E-state index in [2.05, 4.69) is 28.2 Å². The van der Waals surface area contributed by atoms with Crippen molar-refractivity contribution < 1.29 is 19.0 Å². The Bertz CT molecular complexity index is 1100. The summed E-state index contributed by atoms with van der Waals surface area (Å²) in [6.45, 7) is 7.84. The zero-order chi connectivity index (χ0) is 24.3. The van der Waals surface area contributed by atoms with Gasteiger partial charge in [-0.3, -0.25) is 9.69 Å². The summed E-state index contributed by atoms with van der Waals surface area (Å²) < 4.78 is 19.6. The number of piperidine rings is 1. The Hall–Kier alpha value is -1.80. The zero-order valence-electron chi connectivity index (χ0n) is 20.0. The molecule has 3 aliphatic rings. The van der Waals surface area contributed by atoms with Gasteiger partial charge in [-0.05, 0) is 88.2 Å². The number of amides is 1. The summed E-state index contributed by atoms with van der Waals surface area (Å²) in [6.07, 6.45) is 3.73. The molecule has 0 radical (unpaired) electrons. The number of pyridine rings is 1. The van der Waals surface area contributed by atoms with Crippen molar-refractivity contribution in [3.63, 3.8) is 0 Å². The molecule has 1 aromatic carbocycles. The molecule has 184 valence electrons. The van der Waals surface area contributed by atoms with Crippen molar-refractivity contribution in [2.24, 2.45) is 11.8 Å². The minimum absolute atomic E-state index is 0.171. The number of likely N-dealkylation sites (tertiary alicyclic amines) is 1. The van der Waals surface area contributed by atoms with Gasteiger partial charge >= 0.3 is 0 Å². The van der Waals surface area contributed by atoms with E-state index in [0.717, 1.165) is 47.3 Å². The third-order valence-corrected chi connectivity index (χ3v) is 8.47. The summed E-state index contributed by atoms with van der Waals surface area (Å²) in [7, 11) is 0. The van der Waals surface area contributed by atoms with Gasteiger partial charge < -0.3 is 15.2 Å². The van der Waals surface area contributed by atoms with E-state index in [1.165, 1.54) is 13.8 Å². The van der Waals surface area contributed by atoms with Crippen molar-refractivity contribution in [3.05, 3.63) is 35.0 Å². The van der Waals surface area contributed by atoms with Gasteiger partial charge in [0.1, 0.15) is 11.5 Å². The number of aliphatic hydroxyl groups is 1. The molecule has 1 saturated carbocycles. The number of carbonyl (C=O) groups excluding carboxylic acids is 1. The number of aliphatic hydroxyl groups excluding tert-OH is 1. The highest BCUT2D eigenvalue weighted by Gasteiger charge is 2.52. The third kappa shape index (κ3) is 4.43. The maximum absolute atomic E-state index is 14.1. The predicted octanol–water partition coefficient (Wildman–Crippen LogP) is 4.54. The maximum Gasteiger partial charge on any atom is 0.229 e. The fraction of sp³-hybridized carbons (Fsp3) is 0.615. The van der Waals surface area contributed by atoms with Gasteiger partial charge in [0, 0.05) is 28.4 Å². The summed E-state index contributed by atoms with van der Waals surface area (Å²) in [6, 6.07) is 5.91. The second-order valence-corrected chi connectivity index (χ2v) is 11.3. The van der Waals surface area contributed by atoms with Crippen LogP contribution in [0.4, 0.5) is 10.2 Å². The number of anilines is 1. The lowest BCUT2D eigenvalue weighted by Gasteiger charge is -2.43. The number of hydrogen-bond acceptors (Lipinski definition) is 5. The molecule has 2 N–H and O–H groups in total. The number of nitrogens with one attached hydrogen (secondary N) is 1. The van der Waals surface area contributed by atoms with Crippen LogP contribution < -0.4 is 5.32 Å². The van der Waals surface area contributed by atoms with Crippen LogP contribution in [0.1, 0.15) is 51.5 Å². The van der Waals surface area contributed by atoms with E-state index < -0.39 is 11.8 Å². The summed E-state index contributed by atoms with van der Waals surface area (Å²) in [5.41, 5.74) is -0.568. The van der Waals surface area contributed by atoms with E-state index in [-0.39, 0.29) is 23.3 Å². The van der Waals surface area contributed by atoms with E-state index in [1.807, 2.05) is 12.1 Å². The molecule has 1 aromatic heterocycles. The van der Waals surface area contributed by atoms with Gasteiger partial charge in [0.05, 0.1) is 24.9 Å². The molecule has 2 aromatic rings. The molecule has 34 heavy (non-hydrogen) atoms. The van der Waals surface area contributed by atoms with E-state index in [1.54, 1.807) is 6.20 Å². The van der Waals surface area contributed by atoms with Crippen LogP contribution >= 0.6 is 11.6 Å². The minimum Gasteiger partial charge on any atom is -0.389 e. The van der Waals surface area contributed by atoms with E-state index in [4.69, 9.17) is 16.3 Å². The van der Waals surface area contributed by atoms with Crippen LogP contribution in [0.15, 0.2) is 24.4 Å². The predicted molar refractivity (Wildman–Crippen MR) is 131 cm³/mol. The lowest BCUT2D eigenvalue weighted by Crippen LogP contribution is -2.56. The molecular weight excluding hydrogens is 457 g/mol. The average molecular weight is 490 g/mol. The highest BCUT2D eigenvalue weighted by molar-refractivity contribution is 6.32. The Morgan fingerprint density at radius 2 is 2.03 bits per heavy atom. The lowest BCUT2D eigenvalue weighted by atomic mass is 9.85. The number of benzene rings is 1. The molecule has 0 bridgehead atoms. The van der Waals surface area contributed by atoms with Crippen LogP contribution in [0, 0.1) is 11.8 Å². The molecule has 6 nitrogen and oxygen atoms in total. The highest BCUT2D eigenvalue weighted by atomic mass is 35.5. The number of carbonyl (C=O) groups is 1. The number of halogens is 2. The van der Waals surface area contributed by atoms with Crippen molar-refractivity contribution in [3.8, 4) is 0 Å². The van der Waals surface area contributed by atoms with E-state index in [9.17, 15) is 14.3 Å². The monoisotopic (exact) mass is 489 g/mol. The first-order chi connectivity index (χ1) is 16.1. The summed E-state index contributed by atoms with van der Waals surface area (Å²) in [5, 5.41) is 15.9. The van der Waals surface area contributed by atoms with Crippen LogP contribution in [0.2, 0.25) is 5.02 Å². The standard InChI is InChI=1S/C26H33ClFN3O3/c1-25(2,28)20-11-19(20)24(33)30-23-10-16-8-18(21(27)9-17(16)12-29-23)15-4-6-31(7-5-15)26(3)14-34-13-22(26)32/h8-10,12,15,19-20,22,32H,4-7,11,13-14H2,1-3H3,(H,29,30,33)/t19-,20-,22-,26+/m0/s1. The Morgan fingerprint density at radius 3 is 2.65 bits per heavy atom. The first-order valence-corrected chi connectivity index (χ1v) is 12.5. The van der Waals surface area contributed by atoms with Crippen LogP contribution in [-0.2, 0) is 9.53 Å². The zero-order valence-corrected chi connectivity index (χ0v) is 20.7. The van der Waals surface area contributed by atoms with Gasteiger partial charge in [0.25, 0.3) is 0 Å². The molecule has 4 atom stereocenters. The van der Waals surface area contributed by atoms with Gasteiger partial charge in [-0.1, -0.05) is 11.6 Å². The molecule has 3 fully saturated rings. The first kappa shape index (κ1) is 23.9. The Balaban J connectivity index is 1.29. The molecule has 1 amide bonds. The molecule has 1 aliphatic carbocycles. The average Bonchev–Trinajstić information content (AvgIpc) is 3.54. The molecule has 2 saturated heterocycles. The van der Waals surface area contributed by atoms with Gasteiger partial charge in [-0.2, -0.15) is 0 Å². The molecule has 3 heterocycles. The third-order valence-electron chi connectivity index (χ3n) is 8.14. The van der Waals surface area contributed by atoms with Crippen molar-refractivity contribution >= 4 is 34.1 Å². The van der Waals surface area contributed by atoms with Crippen LogP contribution in [0.5, 0.6) is 0 Å². The van der Waals surface area contributed by atoms with Gasteiger partial charge in [-0.15, -0.1) is 0 Å². The second kappa shape index (κ2) is 8.70. The largest absolute Gasteiger partial charge is 0.389 e. The normalized spacial score (nSPS) is 30.6. The maximum atomic E-state index is 14.1. The number of fused-ring (bicyclic) bond motifs is 1. The summed E-state index contributed by atoms with van der Waals surface area (Å²) in [5.74, 6) is 0.0979. The molecule has 2 aliphatic heterocycles. The quantitative estimate of drug-likeness (QED) is 0.645. The Morgan fingerprint density at radius 1 is 1.29 bits per heavy atom. The SMILES string of the molecule is CC(C)(F)[C@H]1C[C@@H]1C(=O)Nc1cc2cc(C3CCN([C@]4(C)COC[C@@H]4O)CC3)c(Cl)cc2cn1. The van der Waals surface area contributed by atoms with Gasteiger partial charge in [0.15, 0.2) is 0 Å². The van der Waals surface area contributed by atoms with E-state index >= 15 is 0 Å². The Kier molecular flexibility index (Phi) is 6.12. The highest BCUT2D eigenvalue weighted by Crippen LogP contribution is 2.48. The molecule has 0 unspecified atom stereocenters. The fourth-order valence-electron chi connectivity index (χ4n) is 5.68. The van der Waals surface area contributed by atoms with Crippen LogP contribution in [0.3, 0.4) is 0 Å². The van der Waals surface area contributed by atoms with Gasteiger partial charge in [0.2, 0.25) is 5.91 Å². The smallest absolute Gasteiger partial charge is 0.229 e. The summed E-state index contributed by atoms with van der Waals surface area (Å²) in [4.78, 5) is 19.3. The molecule has 0 spiro atoms. The molecule has 8 heteroatoms. The number of nitrogens with zero attached hydrogens (tertiary/aromatic N) is 2. The topological polar surface area (TPSA) is 74.7 Å².